The Morgan fingerprint density at radius 3 is 2.59 bits per heavy atom. The first-order valence-corrected chi connectivity index (χ1v) is 16.3. The van der Waals surface area contributed by atoms with E-state index in [9.17, 15) is 10.2 Å². The van der Waals surface area contributed by atoms with Crippen LogP contribution in [0.15, 0.2) is 17.8 Å². The summed E-state index contributed by atoms with van der Waals surface area (Å²) in [6, 6.07) is 0.427. The maximum Gasteiger partial charge on any atom is 0.141 e. The molecule has 1 heterocycles. The summed E-state index contributed by atoms with van der Waals surface area (Å²) in [5.41, 5.74) is 4.76. The number of nitrogens with one attached hydrogen (secondary N) is 1. The Labute approximate surface area is 238 Å². The normalized spacial score (nSPS) is 36.7. The second-order valence-electron chi connectivity index (χ2n) is 15.0. The smallest absolute Gasteiger partial charge is 0.141 e. The molecule has 0 saturated heterocycles. The van der Waals surface area contributed by atoms with Gasteiger partial charge in [-0.05, 0) is 105 Å². The highest BCUT2D eigenvalue weighted by Gasteiger charge is 2.59. The number of aryl methyl sites for hydroxylation is 1. The summed E-state index contributed by atoms with van der Waals surface area (Å²) >= 11 is 0. The van der Waals surface area contributed by atoms with Crippen LogP contribution in [0.4, 0.5) is 0 Å². The van der Waals surface area contributed by atoms with E-state index in [1.807, 2.05) is 6.92 Å². The SMILES string of the molecule is Cc1ncc(CO)c(CNC2CC[C@@]3(C)C(=CCC4C3CC[C@@]3(C)C4CC[C@@H]3[C@H](C)CCCC(C)C)C2)c1O. The molecule has 0 amide bonds. The van der Waals surface area contributed by atoms with Gasteiger partial charge in [-0.3, -0.25) is 4.98 Å². The maximum absolute atomic E-state index is 10.6. The van der Waals surface area contributed by atoms with Gasteiger partial charge in [0.05, 0.1) is 12.3 Å². The number of pyridine rings is 1. The van der Waals surface area contributed by atoms with Gasteiger partial charge >= 0.3 is 0 Å². The zero-order chi connectivity index (χ0) is 27.9. The average Bonchev–Trinajstić information content (AvgIpc) is 3.26. The van der Waals surface area contributed by atoms with Crippen molar-refractivity contribution in [1.29, 1.82) is 0 Å². The fourth-order valence-corrected chi connectivity index (χ4v) is 10.1. The molecule has 1 aromatic heterocycles. The van der Waals surface area contributed by atoms with Crippen LogP contribution in [0.1, 0.15) is 122 Å². The molecule has 3 N–H and O–H groups in total. The van der Waals surface area contributed by atoms with Crippen LogP contribution in [0, 0.1) is 53.3 Å². The van der Waals surface area contributed by atoms with Crippen molar-refractivity contribution < 1.29 is 10.2 Å². The average molecular weight is 537 g/mol. The molecule has 218 valence electrons. The van der Waals surface area contributed by atoms with Crippen molar-refractivity contribution in [2.24, 2.45) is 46.3 Å². The first-order valence-electron chi connectivity index (χ1n) is 16.3. The van der Waals surface area contributed by atoms with Crippen LogP contribution in [-0.4, -0.2) is 21.2 Å². The van der Waals surface area contributed by atoms with Crippen LogP contribution >= 0.6 is 0 Å². The van der Waals surface area contributed by atoms with Crippen molar-refractivity contribution in [3.05, 3.63) is 34.7 Å². The van der Waals surface area contributed by atoms with Crippen LogP contribution < -0.4 is 5.32 Å². The predicted octanol–water partition coefficient (Wildman–Crippen LogP) is 8.09. The molecule has 4 nitrogen and oxygen atoms in total. The Balaban J connectivity index is 1.25. The number of aromatic hydroxyl groups is 1. The largest absolute Gasteiger partial charge is 0.506 e. The molecule has 0 aliphatic heterocycles. The van der Waals surface area contributed by atoms with Crippen molar-refractivity contribution >= 4 is 0 Å². The Morgan fingerprint density at radius 2 is 1.85 bits per heavy atom. The van der Waals surface area contributed by atoms with Gasteiger partial charge in [0.15, 0.2) is 0 Å². The number of aliphatic hydroxyl groups is 1. The third kappa shape index (κ3) is 5.34. The van der Waals surface area contributed by atoms with Gasteiger partial charge in [-0.15, -0.1) is 0 Å². The molecule has 0 radical (unpaired) electrons. The van der Waals surface area contributed by atoms with Crippen molar-refractivity contribution in [1.82, 2.24) is 10.3 Å². The summed E-state index contributed by atoms with van der Waals surface area (Å²) < 4.78 is 0. The zero-order valence-electron chi connectivity index (χ0n) is 25.7. The summed E-state index contributed by atoms with van der Waals surface area (Å²) in [5.74, 6) is 5.48. The van der Waals surface area contributed by atoms with Gasteiger partial charge in [-0.25, -0.2) is 0 Å². The van der Waals surface area contributed by atoms with Gasteiger partial charge in [0.25, 0.3) is 0 Å². The van der Waals surface area contributed by atoms with Crippen LogP contribution in [-0.2, 0) is 13.2 Å². The minimum Gasteiger partial charge on any atom is -0.506 e. The Bertz CT molecular complexity index is 1050. The van der Waals surface area contributed by atoms with Crippen LogP contribution in [0.2, 0.25) is 0 Å². The van der Waals surface area contributed by atoms with Crippen molar-refractivity contribution in [2.75, 3.05) is 0 Å². The van der Waals surface area contributed by atoms with E-state index in [0.717, 1.165) is 53.1 Å². The number of hydrogen-bond donors (Lipinski definition) is 3. The molecule has 4 heteroatoms. The molecule has 3 saturated carbocycles. The van der Waals surface area contributed by atoms with E-state index in [1.165, 1.54) is 64.2 Å². The Hall–Kier alpha value is -1.39. The molecule has 4 aliphatic rings. The highest BCUT2D eigenvalue weighted by Crippen LogP contribution is 2.67. The summed E-state index contributed by atoms with van der Waals surface area (Å²) in [4.78, 5) is 4.22. The third-order valence-electron chi connectivity index (χ3n) is 12.5. The molecule has 0 spiro atoms. The van der Waals surface area contributed by atoms with Crippen LogP contribution in [0.3, 0.4) is 0 Å². The van der Waals surface area contributed by atoms with E-state index in [2.05, 4.69) is 51.0 Å². The van der Waals surface area contributed by atoms with E-state index in [0.29, 0.717) is 29.1 Å². The van der Waals surface area contributed by atoms with E-state index in [1.54, 1.807) is 11.8 Å². The molecule has 5 rings (SSSR count). The highest BCUT2D eigenvalue weighted by molar-refractivity contribution is 5.40. The van der Waals surface area contributed by atoms with Crippen LogP contribution in [0.25, 0.3) is 0 Å². The summed E-state index contributed by atoms with van der Waals surface area (Å²) in [5, 5.41) is 24.1. The number of nitrogens with zero attached hydrogens (tertiary/aromatic N) is 1. The van der Waals surface area contributed by atoms with Crippen molar-refractivity contribution in [3.8, 4) is 5.75 Å². The molecule has 0 aromatic carbocycles. The zero-order valence-corrected chi connectivity index (χ0v) is 25.7. The number of allylic oxidation sites excluding steroid dienone is 1. The van der Waals surface area contributed by atoms with E-state index >= 15 is 0 Å². The number of aliphatic hydroxyl groups excluding tert-OH is 1. The topological polar surface area (TPSA) is 65.4 Å². The number of hydrogen-bond acceptors (Lipinski definition) is 4. The quantitative estimate of drug-likeness (QED) is 0.279. The Morgan fingerprint density at radius 1 is 1.05 bits per heavy atom. The lowest BCUT2D eigenvalue weighted by molar-refractivity contribution is -0.0515. The number of rotatable bonds is 9. The second kappa shape index (κ2) is 11.5. The minimum absolute atomic E-state index is 0.0908. The van der Waals surface area contributed by atoms with E-state index in [4.69, 9.17) is 0 Å². The maximum atomic E-state index is 10.6. The Kier molecular flexibility index (Phi) is 8.57. The highest BCUT2D eigenvalue weighted by atomic mass is 16.3. The summed E-state index contributed by atoms with van der Waals surface area (Å²) in [6.45, 7) is 14.9. The van der Waals surface area contributed by atoms with Gasteiger partial charge in [0.1, 0.15) is 5.75 Å². The number of fused-ring (bicyclic) bond motifs is 5. The van der Waals surface area contributed by atoms with Gasteiger partial charge in [0.2, 0.25) is 0 Å². The summed E-state index contributed by atoms with van der Waals surface area (Å²) in [7, 11) is 0. The van der Waals surface area contributed by atoms with Gasteiger partial charge in [-0.1, -0.05) is 65.5 Å². The lowest BCUT2D eigenvalue weighted by atomic mass is 9.47. The minimum atomic E-state index is -0.0908. The first kappa shape index (κ1) is 29.1. The fraction of sp³-hybridized carbons (Fsp3) is 0.800. The van der Waals surface area contributed by atoms with Gasteiger partial charge < -0.3 is 15.5 Å². The molecule has 0 bridgehead atoms. The molecule has 3 fully saturated rings. The second-order valence-corrected chi connectivity index (χ2v) is 15.0. The fourth-order valence-electron chi connectivity index (χ4n) is 10.1. The molecular weight excluding hydrogens is 480 g/mol. The molecular formula is C35H56N2O2. The molecule has 1 aromatic rings. The lowest BCUT2D eigenvalue weighted by Gasteiger charge is -2.58. The molecule has 39 heavy (non-hydrogen) atoms. The van der Waals surface area contributed by atoms with Gasteiger partial charge in [-0.2, -0.15) is 0 Å². The third-order valence-corrected chi connectivity index (χ3v) is 12.5. The number of aromatic nitrogens is 1. The first-order chi connectivity index (χ1) is 18.6. The monoisotopic (exact) mass is 536 g/mol. The summed E-state index contributed by atoms with van der Waals surface area (Å²) in [6.07, 6.45) is 19.2. The van der Waals surface area contributed by atoms with Crippen molar-refractivity contribution in [3.63, 3.8) is 0 Å². The van der Waals surface area contributed by atoms with Gasteiger partial charge in [0, 0.05) is 29.9 Å². The van der Waals surface area contributed by atoms with Crippen molar-refractivity contribution in [2.45, 2.75) is 131 Å². The molecule has 4 aliphatic carbocycles. The van der Waals surface area contributed by atoms with Crippen LogP contribution in [0.5, 0.6) is 5.75 Å². The molecule has 4 unspecified atom stereocenters. The van der Waals surface area contributed by atoms with E-state index < -0.39 is 0 Å². The predicted molar refractivity (Wildman–Crippen MR) is 160 cm³/mol. The van der Waals surface area contributed by atoms with E-state index in [-0.39, 0.29) is 12.4 Å². The molecule has 8 atom stereocenters. The standard InChI is InChI=1S/C35H56N2O2/c1-22(2)8-7-9-23(3)30-12-13-31-28-11-10-26-18-27(14-16-34(26,5)32(28)15-17-35(30,31)6)37-20-29-25(21-38)19-36-24(4)33(29)39/h10,19,22-23,27-28,30-32,37-39H,7-9,11-18,20-21H2,1-6H3/t23-,27?,28?,30-,31?,32?,34+,35-/m1/s1. The lowest BCUT2D eigenvalue weighted by Crippen LogP contribution is -2.51.